The third-order valence-corrected chi connectivity index (χ3v) is 4.19. The van der Waals surface area contributed by atoms with Crippen LogP contribution in [0.15, 0.2) is 18.2 Å². The average molecular weight is 268 g/mol. The Kier molecular flexibility index (Phi) is 4.76. The molecule has 3 heteroatoms. The second-order valence-corrected chi connectivity index (χ2v) is 5.54. The molecule has 0 spiro atoms. The van der Waals surface area contributed by atoms with E-state index in [4.69, 9.17) is 16.3 Å². The van der Waals surface area contributed by atoms with Gasteiger partial charge in [-0.1, -0.05) is 37.8 Å². The summed E-state index contributed by atoms with van der Waals surface area (Å²) in [4.78, 5) is 0. The lowest BCUT2D eigenvalue weighted by molar-refractivity contribution is 0.327. The monoisotopic (exact) mass is 267 g/mol. The van der Waals surface area contributed by atoms with Gasteiger partial charge in [-0.2, -0.15) is 0 Å². The second kappa shape index (κ2) is 6.33. The molecule has 1 aromatic rings. The van der Waals surface area contributed by atoms with Gasteiger partial charge in [0, 0.05) is 17.8 Å². The van der Waals surface area contributed by atoms with Gasteiger partial charge in [-0.3, -0.25) is 0 Å². The lowest BCUT2D eigenvalue weighted by Gasteiger charge is -2.30. The molecule has 0 radical (unpaired) electrons. The topological polar surface area (TPSA) is 21.3 Å². The summed E-state index contributed by atoms with van der Waals surface area (Å²) in [5.74, 6) is 1.62. The number of rotatable bonds is 4. The first-order valence-corrected chi connectivity index (χ1v) is 7.20. The normalized spacial score (nSPS) is 23.7. The minimum Gasteiger partial charge on any atom is -0.495 e. The lowest BCUT2D eigenvalue weighted by atomic mass is 9.84. The number of hydrogen-bond acceptors (Lipinski definition) is 2. The Morgan fingerprint density at radius 3 is 2.94 bits per heavy atom. The zero-order valence-electron chi connectivity index (χ0n) is 11.2. The smallest absolute Gasteiger partial charge is 0.139 e. The van der Waals surface area contributed by atoms with Gasteiger partial charge in [-0.15, -0.1) is 0 Å². The van der Waals surface area contributed by atoms with Crippen LogP contribution >= 0.6 is 11.6 Å². The van der Waals surface area contributed by atoms with Crippen molar-refractivity contribution in [3.05, 3.63) is 23.2 Å². The van der Waals surface area contributed by atoms with Gasteiger partial charge in [-0.25, -0.2) is 0 Å². The molecule has 0 amide bonds. The minimum absolute atomic E-state index is 0.592. The van der Waals surface area contributed by atoms with Gasteiger partial charge >= 0.3 is 0 Å². The van der Waals surface area contributed by atoms with E-state index in [2.05, 4.69) is 12.2 Å². The maximum Gasteiger partial charge on any atom is 0.139 e. The summed E-state index contributed by atoms with van der Waals surface area (Å²) in [7, 11) is 1.65. The van der Waals surface area contributed by atoms with Crippen LogP contribution in [-0.4, -0.2) is 13.2 Å². The molecule has 2 nitrogen and oxygen atoms in total. The van der Waals surface area contributed by atoms with E-state index in [0.717, 1.165) is 17.4 Å². The van der Waals surface area contributed by atoms with E-state index in [-0.39, 0.29) is 0 Å². The van der Waals surface area contributed by atoms with Crippen molar-refractivity contribution in [2.45, 2.75) is 45.1 Å². The lowest BCUT2D eigenvalue weighted by Crippen LogP contribution is -2.27. The molecule has 100 valence electrons. The molecule has 1 N–H and O–H groups in total. The third kappa shape index (κ3) is 3.32. The zero-order valence-corrected chi connectivity index (χ0v) is 12.0. The van der Waals surface area contributed by atoms with E-state index in [1.165, 1.54) is 32.1 Å². The molecular weight excluding hydrogens is 246 g/mol. The Bertz CT molecular complexity index is 394. The van der Waals surface area contributed by atoms with Crippen LogP contribution in [0.1, 0.15) is 39.0 Å². The van der Waals surface area contributed by atoms with Crippen LogP contribution in [0.5, 0.6) is 5.75 Å². The SMILES string of the molecule is CCC1CCCC(Nc2ccc(Cl)c(OC)c2)C1. The van der Waals surface area contributed by atoms with Crippen LogP contribution in [-0.2, 0) is 0 Å². The summed E-state index contributed by atoms with van der Waals surface area (Å²) in [6, 6.07) is 6.50. The number of anilines is 1. The largest absolute Gasteiger partial charge is 0.495 e. The number of halogens is 1. The van der Waals surface area contributed by atoms with Gasteiger partial charge in [0.2, 0.25) is 0 Å². The summed E-state index contributed by atoms with van der Waals surface area (Å²) in [6.07, 6.45) is 6.56. The minimum atomic E-state index is 0.592. The molecule has 0 aromatic heterocycles. The highest BCUT2D eigenvalue weighted by Gasteiger charge is 2.20. The Morgan fingerprint density at radius 2 is 2.22 bits per heavy atom. The maximum atomic E-state index is 6.03. The molecule has 0 bridgehead atoms. The second-order valence-electron chi connectivity index (χ2n) is 5.13. The maximum absolute atomic E-state index is 6.03. The highest BCUT2D eigenvalue weighted by Crippen LogP contribution is 2.31. The Balaban J connectivity index is 2.00. The van der Waals surface area contributed by atoms with Crippen molar-refractivity contribution in [1.29, 1.82) is 0 Å². The van der Waals surface area contributed by atoms with E-state index < -0.39 is 0 Å². The van der Waals surface area contributed by atoms with Crippen molar-refractivity contribution in [1.82, 2.24) is 0 Å². The molecule has 18 heavy (non-hydrogen) atoms. The number of ether oxygens (including phenoxy) is 1. The van der Waals surface area contributed by atoms with Gasteiger partial charge < -0.3 is 10.1 Å². The van der Waals surface area contributed by atoms with Gasteiger partial charge in [0.1, 0.15) is 5.75 Å². The Hall–Kier alpha value is -0.890. The fourth-order valence-corrected chi connectivity index (χ4v) is 2.97. The van der Waals surface area contributed by atoms with Crippen molar-refractivity contribution in [3.63, 3.8) is 0 Å². The number of nitrogens with one attached hydrogen (secondary N) is 1. The number of hydrogen-bond donors (Lipinski definition) is 1. The Labute approximate surface area is 115 Å². The van der Waals surface area contributed by atoms with E-state index >= 15 is 0 Å². The molecule has 1 fully saturated rings. The van der Waals surface area contributed by atoms with Crippen LogP contribution in [0.2, 0.25) is 5.02 Å². The highest BCUT2D eigenvalue weighted by atomic mass is 35.5. The first-order chi connectivity index (χ1) is 8.72. The first-order valence-electron chi connectivity index (χ1n) is 6.83. The van der Waals surface area contributed by atoms with Crippen LogP contribution in [0.25, 0.3) is 0 Å². The van der Waals surface area contributed by atoms with Crippen molar-refractivity contribution < 1.29 is 4.74 Å². The summed E-state index contributed by atoms with van der Waals surface area (Å²) in [6.45, 7) is 2.29. The molecule has 0 saturated heterocycles. The number of methoxy groups -OCH3 is 1. The summed E-state index contributed by atoms with van der Waals surface area (Å²) >= 11 is 6.03. The fraction of sp³-hybridized carbons (Fsp3) is 0.600. The molecule has 1 aliphatic rings. The summed E-state index contributed by atoms with van der Waals surface area (Å²) < 4.78 is 5.25. The van der Waals surface area contributed by atoms with Crippen molar-refractivity contribution in [2.75, 3.05) is 12.4 Å². The molecule has 0 aliphatic heterocycles. The highest BCUT2D eigenvalue weighted by molar-refractivity contribution is 6.32. The third-order valence-electron chi connectivity index (χ3n) is 3.88. The average Bonchev–Trinajstić information content (AvgIpc) is 2.41. The van der Waals surface area contributed by atoms with Crippen LogP contribution in [0, 0.1) is 5.92 Å². The van der Waals surface area contributed by atoms with Crippen LogP contribution in [0.4, 0.5) is 5.69 Å². The molecule has 2 atom stereocenters. The van der Waals surface area contributed by atoms with E-state index in [1.807, 2.05) is 18.2 Å². The van der Waals surface area contributed by atoms with Gasteiger partial charge in [0.25, 0.3) is 0 Å². The molecule has 1 aliphatic carbocycles. The van der Waals surface area contributed by atoms with Crippen molar-refractivity contribution in [2.24, 2.45) is 5.92 Å². The molecular formula is C15H22ClNO. The van der Waals surface area contributed by atoms with Crippen LogP contribution in [0.3, 0.4) is 0 Å². The van der Waals surface area contributed by atoms with Crippen molar-refractivity contribution in [3.8, 4) is 5.75 Å². The number of benzene rings is 1. The standard InChI is InChI=1S/C15H22ClNO/c1-3-11-5-4-6-12(9-11)17-13-7-8-14(16)15(10-13)18-2/h7-8,10-12,17H,3-6,9H2,1-2H3. The fourth-order valence-electron chi connectivity index (χ4n) is 2.78. The molecule has 0 heterocycles. The van der Waals surface area contributed by atoms with Crippen molar-refractivity contribution >= 4 is 17.3 Å². The van der Waals surface area contributed by atoms with Gasteiger partial charge in [0.05, 0.1) is 12.1 Å². The quantitative estimate of drug-likeness (QED) is 0.852. The molecule has 2 unspecified atom stereocenters. The predicted molar refractivity (Wildman–Crippen MR) is 77.7 cm³/mol. The van der Waals surface area contributed by atoms with E-state index in [1.54, 1.807) is 7.11 Å². The molecule has 2 rings (SSSR count). The molecule has 1 saturated carbocycles. The van der Waals surface area contributed by atoms with Gasteiger partial charge in [-0.05, 0) is 30.9 Å². The summed E-state index contributed by atoms with van der Waals surface area (Å²) in [5.41, 5.74) is 1.11. The molecule has 1 aromatic carbocycles. The Morgan fingerprint density at radius 1 is 1.39 bits per heavy atom. The summed E-state index contributed by atoms with van der Waals surface area (Å²) in [5, 5.41) is 4.27. The van der Waals surface area contributed by atoms with E-state index in [0.29, 0.717) is 11.1 Å². The van der Waals surface area contributed by atoms with Gasteiger partial charge in [0.15, 0.2) is 0 Å². The van der Waals surface area contributed by atoms with E-state index in [9.17, 15) is 0 Å². The zero-order chi connectivity index (χ0) is 13.0. The first kappa shape index (κ1) is 13.5. The van der Waals surface area contributed by atoms with Crippen LogP contribution < -0.4 is 10.1 Å². The predicted octanol–water partition coefficient (Wildman–Crippen LogP) is 4.73.